The van der Waals surface area contributed by atoms with Crippen LogP contribution in [0.25, 0.3) is 0 Å². The molecule has 28 heavy (non-hydrogen) atoms. The van der Waals surface area contributed by atoms with Gasteiger partial charge in [0.1, 0.15) is 0 Å². The molecule has 142 valence electrons. The normalized spacial score (nSPS) is 11.9. The summed E-state index contributed by atoms with van der Waals surface area (Å²) in [6.45, 7) is 2.67. The summed E-state index contributed by atoms with van der Waals surface area (Å²) in [5.41, 5.74) is 12.6. The lowest BCUT2D eigenvalue weighted by Crippen LogP contribution is -2.12. The maximum atomic E-state index is 6.23. The zero-order valence-corrected chi connectivity index (χ0v) is 16.2. The second-order valence-electron chi connectivity index (χ2n) is 6.75. The van der Waals surface area contributed by atoms with E-state index in [9.17, 15) is 0 Å². The number of benzene rings is 3. The number of allylic oxidation sites excluding steroid dienone is 3. The van der Waals surface area contributed by atoms with Gasteiger partial charge in [0.25, 0.3) is 0 Å². The largest absolute Gasteiger partial charge is 0.401 e. The van der Waals surface area contributed by atoms with Crippen molar-refractivity contribution >= 4 is 17.1 Å². The van der Waals surface area contributed by atoms with Gasteiger partial charge in [-0.05, 0) is 49.2 Å². The van der Waals surface area contributed by atoms with Gasteiger partial charge in [-0.15, -0.1) is 0 Å². The molecule has 0 aromatic heterocycles. The molecule has 0 unspecified atom stereocenters. The fraction of sp³-hybridized carbons (Fsp3) is 0.120. The van der Waals surface area contributed by atoms with Gasteiger partial charge in [-0.2, -0.15) is 0 Å². The highest BCUT2D eigenvalue weighted by Gasteiger charge is 2.02. The Morgan fingerprint density at radius 2 is 1.43 bits per heavy atom. The van der Waals surface area contributed by atoms with Crippen molar-refractivity contribution in [2.24, 2.45) is 5.73 Å². The van der Waals surface area contributed by atoms with Crippen molar-refractivity contribution in [3.05, 3.63) is 114 Å². The highest BCUT2D eigenvalue weighted by molar-refractivity contribution is 5.74. The van der Waals surface area contributed by atoms with Crippen LogP contribution in [-0.4, -0.2) is 6.54 Å². The summed E-state index contributed by atoms with van der Waals surface area (Å²) in [5.74, 6) is 0. The molecule has 3 nitrogen and oxygen atoms in total. The van der Waals surface area contributed by atoms with Crippen LogP contribution in [0.1, 0.15) is 12.5 Å². The lowest BCUT2D eigenvalue weighted by Gasteiger charge is -2.14. The average Bonchev–Trinajstić information content (AvgIpc) is 2.73. The predicted octanol–water partition coefficient (Wildman–Crippen LogP) is 5.87. The van der Waals surface area contributed by atoms with Crippen molar-refractivity contribution in [2.75, 3.05) is 17.2 Å². The smallest absolute Gasteiger partial charge is 0.0620 e. The third-order valence-electron chi connectivity index (χ3n) is 4.38. The summed E-state index contributed by atoms with van der Waals surface area (Å²) in [5, 5.41) is 6.87. The van der Waals surface area contributed by atoms with Crippen LogP contribution in [0.4, 0.5) is 17.1 Å². The van der Waals surface area contributed by atoms with E-state index < -0.39 is 0 Å². The van der Waals surface area contributed by atoms with Gasteiger partial charge < -0.3 is 16.4 Å². The first-order valence-corrected chi connectivity index (χ1v) is 9.52. The molecule has 0 amide bonds. The van der Waals surface area contributed by atoms with Crippen molar-refractivity contribution in [3.63, 3.8) is 0 Å². The van der Waals surface area contributed by atoms with Gasteiger partial charge in [0, 0.05) is 11.4 Å². The Morgan fingerprint density at radius 3 is 2.14 bits per heavy atom. The first-order valence-electron chi connectivity index (χ1n) is 9.52. The van der Waals surface area contributed by atoms with Gasteiger partial charge in [-0.1, -0.05) is 72.3 Å². The molecule has 0 atom stereocenters. The number of hydrogen-bond acceptors (Lipinski definition) is 3. The standard InChI is InChI=1S/C25H27N3/c1-20(16-17-21-10-4-2-5-11-21)18-22(26)19-27-24-14-8-9-15-25(24)28-23-12-6-3-7-13-23/h2-16,18,27-28H,17,19,26H2,1H3/b20-16-,22-18-. The third-order valence-corrected chi connectivity index (χ3v) is 4.38. The van der Waals surface area contributed by atoms with E-state index in [1.165, 1.54) is 11.1 Å². The van der Waals surface area contributed by atoms with Crippen molar-refractivity contribution in [1.29, 1.82) is 0 Å². The number of para-hydroxylation sites is 3. The van der Waals surface area contributed by atoms with E-state index in [-0.39, 0.29) is 0 Å². The maximum Gasteiger partial charge on any atom is 0.0620 e. The van der Waals surface area contributed by atoms with E-state index >= 15 is 0 Å². The van der Waals surface area contributed by atoms with E-state index in [1.54, 1.807) is 0 Å². The molecule has 0 aliphatic rings. The van der Waals surface area contributed by atoms with E-state index in [0.717, 1.165) is 29.2 Å². The molecule has 0 saturated heterocycles. The predicted molar refractivity (Wildman–Crippen MR) is 121 cm³/mol. The summed E-state index contributed by atoms with van der Waals surface area (Å²) in [6.07, 6.45) is 5.14. The molecule has 0 aliphatic carbocycles. The SMILES string of the molecule is CC(=C/Cc1ccccc1)/C=C(\N)CNc1ccccc1Nc1ccccc1. The molecule has 3 rings (SSSR count). The summed E-state index contributed by atoms with van der Waals surface area (Å²) >= 11 is 0. The minimum Gasteiger partial charge on any atom is -0.401 e. The van der Waals surface area contributed by atoms with E-state index in [2.05, 4.69) is 60.0 Å². The molecule has 0 bridgehead atoms. The molecule has 3 aromatic rings. The van der Waals surface area contributed by atoms with E-state index in [4.69, 9.17) is 5.73 Å². The fourth-order valence-corrected chi connectivity index (χ4v) is 2.92. The Hall–Kier alpha value is -3.46. The minimum atomic E-state index is 0.587. The molecular weight excluding hydrogens is 342 g/mol. The van der Waals surface area contributed by atoms with Crippen LogP contribution in [0.3, 0.4) is 0 Å². The minimum absolute atomic E-state index is 0.587. The summed E-state index contributed by atoms with van der Waals surface area (Å²) < 4.78 is 0. The van der Waals surface area contributed by atoms with Crippen LogP contribution >= 0.6 is 0 Å². The second-order valence-corrected chi connectivity index (χ2v) is 6.75. The highest BCUT2D eigenvalue weighted by atomic mass is 15.0. The Labute approximate surface area is 167 Å². The van der Waals surface area contributed by atoms with Crippen LogP contribution in [0.15, 0.2) is 108 Å². The quantitative estimate of drug-likeness (QED) is 0.435. The zero-order valence-electron chi connectivity index (χ0n) is 16.2. The van der Waals surface area contributed by atoms with Gasteiger partial charge in [-0.3, -0.25) is 0 Å². The lowest BCUT2D eigenvalue weighted by atomic mass is 10.1. The van der Waals surface area contributed by atoms with Crippen LogP contribution in [0.5, 0.6) is 0 Å². The Morgan fingerprint density at radius 1 is 0.821 bits per heavy atom. The van der Waals surface area contributed by atoms with Gasteiger partial charge in [0.05, 0.1) is 17.9 Å². The number of hydrogen-bond donors (Lipinski definition) is 3. The molecular formula is C25H27N3. The van der Waals surface area contributed by atoms with Crippen LogP contribution in [0, 0.1) is 0 Å². The molecule has 0 radical (unpaired) electrons. The number of anilines is 3. The zero-order chi connectivity index (χ0) is 19.6. The molecule has 3 heteroatoms. The lowest BCUT2D eigenvalue weighted by molar-refractivity contribution is 1.15. The van der Waals surface area contributed by atoms with Crippen molar-refractivity contribution in [2.45, 2.75) is 13.3 Å². The summed E-state index contributed by atoms with van der Waals surface area (Å²) in [7, 11) is 0. The number of nitrogens with two attached hydrogens (primary N) is 1. The van der Waals surface area contributed by atoms with Gasteiger partial charge in [0.15, 0.2) is 0 Å². The topological polar surface area (TPSA) is 50.1 Å². The molecule has 3 aromatic carbocycles. The Kier molecular flexibility index (Phi) is 6.91. The highest BCUT2D eigenvalue weighted by Crippen LogP contribution is 2.25. The molecule has 4 N–H and O–H groups in total. The van der Waals surface area contributed by atoms with Crippen LogP contribution < -0.4 is 16.4 Å². The van der Waals surface area contributed by atoms with Gasteiger partial charge >= 0.3 is 0 Å². The van der Waals surface area contributed by atoms with Crippen molar-refractivity contribution < 1.29 is 0 Å². The first kappa shape index (κ1) is 19.3. The molecule has 0 spiro atoms. The first-order chi connectivity index (χ1) is 13.7. The number of rotatable bonds is 8. The molecule has 0 heterocycles. The van der Waals surface area contributed by atoms with Gasteiger partial charge in [0.2, 0.25) is 0 Å². The summed E-state index contributed by atoms with van der Waals surface area (Å²) in [6, 6.07) is 28.7. The van der Waals surface area contributed by atoms with E-state index in [1.807, 2.05) is 54.6 Å². The van der Waals surface area contributed by atoms with Crippen LogP contribution in [0.2, 0.25) is 0 Å². The second kappa shape index (κ2) is 10.0. The van der Waals surface area contributed by atoms with E-state index in [0.29, 0.717) is 6.54 Å². The number of nitrogens with one attached hydrogen (secondary N) is 2. The maximum absolute atomic E-state index is 6.23. The average molecular weight is 370 g/mol. The molecule has 0 fully saturated rings. The monoisotopic (exact) mass is 369 g/mol. The fourth-order valence-electron chi connectivity index (χ4n) is 2.92. The van der Waals surface area contributed by atoms with Crippen LogP contribution in [-0.2, 0) is 6.42 Å². The van der Waals surface area contributed by atoms with Crippen molar-refractivity contribution in [1.82, 2.24) is 0 Å². The molecule has 0 saturated carbocycles. The Bertz CT molecular complexity index is 928. The Balaban J connectivity index is 1.59. The van der Waals surface area contributed by atoms with Gasteiger partial charge in [-0.25, -0.2) is 0 Å². The molecule has 0 aliphatic heterocycles. The van der Waals surface area contributed by atoms with Crippen molar-refractivity contribution in [3.8, 4) is 0 Å². The summed E-state index contributed by atoms with van der Waals surface area (Å²) in [4.78, 5) is 0. The third kappa shape index (κ3) is 6.06.